The van der Waals surface area contributed by atoms with Gasteiger partial charge in [0.25, 0.3) is 11.8 Å². The Bertz CT molecular complexity index is 649. The van der Waals surface area contributed by atoms with Gasteiger partial charge in [-0.25, -0.2) is 0 Å². The molecule has 0 radical (unpaired) electrons. The fourth-order valence-electron chi connectivity index (χ4n) is 2.50. The molecule has 1 aromatic rings. The number of nitrogens with zero attached hydrogens (tertiary/aromatic N) is 1. The minimum absolute atomic E-state index is 0.0158. The molecule has 1 aliphatic heterocycles. The van der Waals surface area contributed by atoms with Crippen LogP contribution in [0, 0.1) is 0 Å². The molecule has 1 aromatic carbocycles. The van der Waals surface area contributed by atoms with E-state index >= 15 is 0 Å². The van der Waals surface area contributed by atoms with Crippen LogP contribution in [0.3, 0.4) is 0 Å². The Kier molecular flexibility index (Phi) is 3.93. The first-order valence-electron chi connectivity index (χ1n) is 6.75. The first-order valence-corrected chi connectivity index (χ1v) is 6.75. The number of carbonyl (C=O) groups is 3. The number of ketones is 1. The van der Waals surface area contributed by atoms with E-state index in [-0.39, 0.29) is 17.6 Å². The molecule has 0 saturated heterocycles. The van der Waals surface area contributed by atoms with Gasteiger partial charge in [-0.1, -0.05) is 12.2 Å². The number of Topliss-reactive ketones (excluding diaryl/α,β-unsaturated/α-hetero) is 1. The second-order valence-electron chi connectivity index (χ2n) is 5.39. The van der Waals surface area contributed by atoms with Gasteiger partial charge in [0.05, 0.1) is 17.2 Å². The van der Waals surface area contributed by atoms with Gasteiger partial charge in [-0.15, -0.1) is 0 Å². The summed E-state index contributed by atoms with van der Waals surface area (Å²) in [5, 5.41) is 0. The van der Waals surface area contributed by atoms with Gasteiger partial charge < -0.3 is 10.5 Å². The van der Waals surface area contributed by atoms with Gasteiger partial charge >= 0.3 is 0 Å². The number of nitrogen functional groups attached to an aromatic ring is 1. The number of benzene rings is 1. The zero-order valence-electron chi connectivity index (χ0n) is 12.2. The van der Waals surface area contributed by atoms with Crippen molar-refractivity contribution in [3.05, 3.63) is 41.5 Å². The molecule has 21 heavy (non-hydrogen) atoms. The van der Waals surface area contributed by atoms with Crippen LogP contribution in [0.15, 0.2) is 30.4 Å². The summed E-state index contributed by atoms with van der Waals surface area (Å²) in [5.41, 5.74) is 7.45. The molecule has 110 valence electrons. The summed E-state index contributed by atoms with van der Waals surface area (Å²) in [4.78, 5) is 37.3. The summed E-state index contributed by atoms with van der Waals surface area (Å²) in [5.74, 6) is -0.715. The molecular formula is C16H18N2O3. The maximum absolute atomic E-state index is 12.5. The van der Waals surface area contributed by atoms with Crippen LogP contribution >= 0.6 is 0 Å². The Labute approximate surface area is 123 Å². The number of amides is 2. The molecule has 2 N–H and O–H groups in total. The molecule has 0 aromatic heterocycles. The zero-order valence-corrected chi connectivity index (χ0v) is 12.2. The monoisotopic (exact) mass is 286 g/mol. The minimum atomic E-state index is -0.470. The predicted octanol–water partition coefficient (Wildman–Crippen LogP) is 2.18. The van der Waals surface area contributed by atoms with Gasteiger partial charge in [0.2, 0.25) is 0 Å². The summed E-state index contributed by atoms with van der Waals surface area (Å²) in [6.07, 6.45) is 0.693. The number of hydrogen-bond donors (Lipinski definition) is 1. The summed E-state index contributed by atoms with van der Waals surface area (Å²) in [6, 6.07) is 4.20. The van der Waals surface area contributed by atoms with Crippen molar-refractivity contribution in [3.63, 3.8) is 0 Å². The molecule has 0 spiro atoms. The van der Waals surface area contributed by atoms with Gasteiger partial charge in [0.15, 0.2) is 0 Å². The van der Waals surface area contributed by atoms with Crippen LogP contribution in [-0.4, -0.2) is 28.5 Å². The van der Waals surface area contributed by atoms with Crippen LogP contribution in [0.1, 0.15) is 47.4 Å². The highest BCUT2D eigenvalue weighted by molar-refractivity contribution is 6.22. The third-order valence-corrected chi connectivity index (χ3v) is 3.59. The van der Waals surface area contributed by atoms with Crippen molar-refractivity contribution in [2.24, 2.45) is 0 Å². The van der Waals surface area contributed by atoms with E-state index in [4.69, 9.17) is 5.73 Å². The molecule has 2 amide bonds. The third-order valence-electron chi connectivity index (χ3n) is 3.59. The number of fused-ring (bicyclic) bond motifs is 1. The molecular weight excluding hydrogens is 268 g/mol. The molecule has 0 aliphatic carbocycles. The fraction of sp³-hybridized carbons (Fsp3) is 0.312. The average Bonchev–Trinajstić information content (AvgIpc) is 2.63. The number of nitrogens with two attached hydrogens (primary N) is 1. The number of imide groups is 1. The quantitative estimate of drug-likeness (QED) is 0.511. The fourth-order valence-corrected chi connectivity index (χ4v) is 2.50. The molecule has 5 heteroatoms. The topological polar surface area (TPSA) is 80.5 Å². The Morgan fingerprint density at radius 3 is 2.43 bits per heavy atom. The van der Waals surface area contributed by atoms with Gasteiger partial charge in [0, 0.05) is 12.1 Å². The van der Waals surface area contributed by atoms with Crippen LogP contribution in [-0.2, 0) is 4.79 Å². The maximum Gasteiger partial charge on any atom is 0.262 e. The predicted molar refractivity (Wildman–Crippen MR) is 79.9 cm³/mol. The van der Waals surface area contributed by atoms with E-state index < -0.39 is 6.04 Å². The van der Waals surface area contributed by atoms with Crippen LogP contribution in [0.25, 0.3) is 0 Å². The van der Waals surface area contributed by atoms with E-state index in [1.54, 1.807) is 19.1 Å². The molecule has 0 bridgehead atoms. The molecule has 1 aliphatic rings. The smallest absolute Gasteiger partial charge is 0.262 e. The average molecular weight is 286 g/mol. The van der Waals surface area contributed by atoms with Crippen LogP contribution in [0.5, 0.6) is 0 Å². The second-order valence-corrected chi connectivity index (χ2v) is 5.39. The number of carbonyl (C=O) groups excluding carboxylic acids is 3. The molecule has 1 atom stereocenters. The van der Waals surface area contributed by atoms with E-state index in [0.29, 0.717) is 35.2 Å². The molecule has 5 nitrogen and oxygen atoms in total. The summed E-state index contributed by atoms with van der Waals surface area (Å²) < 4.78 is 0. The largest absolute Gasteiger partial charge is 0.399 e. The molecule has 0 fully saturated rings. The van der Waals surface area contributed by atoms with E-state index in [1.165, 1.54) is 17.9 Å². The lowest BCUT2D eigenvalue weighted by molar-refractivity contribution is -0.117. The van der Waals surface area contributed by atoms with Crippen molar-refractivity contribution >= 4 is 23.3 Å². The van der Waals surface area contributed by atoms with E-state index in [2.05, 4.69) is 6.58 Å². The number of rotatable bonds is 5. The number of hydrogen-bond acceptors (Lipinski definition) is 4. The second kappa shape index (κ2) is 5.52. The molecule has 1 unspecified atom stereocenters. The van der Waals surface area contributed by atoms with Crippen LogP contribution in [0.4, 0.5) is 5.69 Å². The lowest BCUT2D eigenvalue weighted by atomic mass is 10.0. The summed E-state index contributed by atoms with van der Waals surface area (Å²) in [7, 11) is 0. The first-order chi connectivity index (χ1) is 9.82. The highest BCUT2D eigenvalue weighted by Crippen LogP contribution is 2.29. The van der Waals surface area contributed by atoms with Gasteiger partial charge in [0.1, 0.15) is 5.78 Å². The zero-order chi connectivity index (χ0) is 15.7. The molecule has 2 rings (SSSR count). The van der Waals surface area contributed by atoms with Gasteiger partial charge in [-0.3, -0.25) is 14.5 Å². The normalized spacial score (nSPS) is 15.0. The summed E-state index contributed by atoms with van der Waals surface area (Å²) >= 11 is 0. The minimum Gasteiger partial charge on any atom is -0.399 e. The van der Waals surface area contributed by atoms with Crippen LogP contribution < -0.4 is 5.73 Å². The Hall–Kier alpha value is -2.43. The molecule has 1 heterocycles. The lowest BCUT2D eigenvalue weighted by Gasteiger charge is -2.26. The third kappa shape index (κ3) is 2.72. The van der Waals surface area contributed by atoms with Crippen molar-refractivity contribution in [2.45, 2.75) is 32.7 Å². The van der Waals surface area contributed by atoms with Crippen LogP contribution in [0.2, 0.25) is 0 Å². The van der Waals surface area contributed by atoms with Crippen molar-refractivity contribution < 1.29 is 14.4 Å². The van der Waals surface area contributed by atoms with Crippen molar-refractivity contribution in [1.29, 1.82) is 0 Å². The molecule has 0 saturated carbocycles. The lowest BCUT2D eigenvalue weighted by Crippen LogP contribution is -2.40. The first kappa shape index (κ1) is 15.0. The van der Waals surface area contributed by atoms with Gasteiger partial charge in [-0.05, 0) is 38.5 Å². The number of anilines is 1. The Morgan fingerprint density at radius 2 is 1.86 bits per heavy atom. The standard InChI is InChI=1S/C16H18N2O3/c1-9(2)14(7-4-10(3)19)18-15(20)12-6-5-11(17)8-13(12)16(18)21/h5-6,8,14H,1,4,7,17H2,2-3H3. The Morgan fingerprint density at radius 1 is 1.24 bits per heavy atom. The van der Waals surface area contributed by atoms with E-state index in [1.807, 2.05) is 0 Å². The van der Waals surface area contributed by atoms with Crippen molar-refractivity contribution in [3.8, 4) is 0 Å². The van der Waals surface area contributed by atoms with Gasteiger partial charge in [-0.2, -0.15) is 0 Å². The SMILES string of the molecule is C=C(C)C(CCC(C)=O)N1C(=O)c2ccc(N)cc2C1=O. The van der Waals surface area contributed by atoms with E-state index in [0.717, 1.165) is 0 Å². The highest BCUT2D eigenvalue weighted by atomic mass is 16.2. The Balaban J connectivity index is 2.36. The maximum atomic E-state index is 12.5. The summed E-state index contributed by atoms with van der Waals surface area (Å²) in [6.45, 7) is 7.08. The van der Waals surface area contributed by atoms with Crippen molar-refractivity contribution in [2.75, 3.05) is 5.73 Å². The highest BCUT2D eigenvalue weighted by Gasteiger charge is 2.40. The van der Waals surface area contributed by atoms with E-state index in [9.17, 15) is 14.4 Å². The van der Waals surface area contributed by atoms with Crippen molar-refractivity contribution in [1.82, 2.24) is 4.90 Å².